The van der Waals surface area contributed by atoms with Crippen LogP contribution in [0.2, 0.25) is 0 Å². The second-order valence-electron chi connectivity index (χ2n) is 6.84. The van der Waals surface area contributed by atoms with Crippen molar-refractivity contribution in [2.24, 2.45) is 0 Å². The first-order valence-electron chi connectivity index (χ1n) is 10.6. The molecule has 0 spiro atoms. The molecular formula is C25H31N3O3. The number of fused-ring (bicyclic) bond motifs is 1. The molecule has 0 aliphatic rings. The number of aromatic nitrogens is 1. The molecule has 0 atom stereocenters. The van der Waals surface area contributed by atoms with E-state index in [1.54, 1.807) is 11.6 Å². The molecular weight excluding hydrogens is 390 g/mol. The van der Waals surface area contributed by atoms with Gasteiger partial charge in [-0.15, -0.1) is 0 Å². The molecule has 0 fully saturated rings. The molecule has 3 aromatic rings. The molecule has 0 radical (unpaired) electrons. The van der Waals surface area contributed by atoms with E-state index in [-0.39, 0.29) is 6.61 Å². The molecule has 0 aliphatic carbocycles. The Morgan fingerprint density at radius 2 is 1.81 bits per heavy atom. The van der Waals surface area contributed by atoms with E-state index in [9.17, 15) is 9.90 Å². The van der Waals surface area contributed by atoms with Crippen molar-refractivity contribution in [1.29, 1.82) is 0 Å². The molecule has 0 saturated carbocycles. The molecule has 0 aliphatic heterocycles. The van der Waals surface area contributed by atoms with Gasteiger partial charge in [-0.1, -0.05) is 56.3 Å². The van der Waals surface area contributed by atoms with Crippen LogP contribution in [0, 0.1) is 0 Å². The van der Waals surface area contributed by atoms with Crippen LogP contribution < -0.4 is 5.48 Å². The Morgan fingerprint density at radius 1 is 1.06 bits per heavy atom. The monoisotopic (exact) mass is 421 g/mol. The summed E-state index contributed by atoms with van der Waals surface area (Å²) < 4.78 is 0. The van der Waals surface area contributed by atoms with Crippen molar-refractivity contribution >= 4 is 22.9 Å². The second kappa shape index (κ2) is 13.3. The van der Waals surface area contributed by atoms with Gasteiger partial charge >= 0.3 is 0 Å². The highest BCUT2D eigenvalue weighted by Crippen LogP contribution is 2.14. The van der Waals surface area contributed by atoms with E-state index in [0.717, 1.165) is 41.5 Å². The van der Waals surface area contributed by atoms with Crippen molar-refractivity contribution in [3.63, 3.8) is 0 Å². The van der Waals surface area contributed by atoms with Gasteiger partial charge in [0.05, 0.1) is 12.1 Å². The average molecular weight is 422 g/mol. The zero-order valence-electron chi connectivity index (χ0n) is 18.2. The van der Waals surface area contributed by atoms with Crippen molar-refractivity contribution in [2.75, 3.05) is 19.7 Å². The molecule has 3 N–H and O–H groups in total. The Morgan fingerprint density at radius 3 is 2.52 bits per heavy atom. The minimum Gasteiger partial charge on any atom is -0.395 e. The molecule has 164 valence electrons. The smallest absolute Gasteiger partial charge is 0.267 e. The van der Waals surface area contributed by atoms with E-state index in [1.165, 1.54) is 11.6 Å². The summed E-state index contributed by atoms with van der Waals surface area (Å²) in [4.78, 5) is 17.8. The Balaban J connectivity index is 0.00000166. The van der Waals surface area contributed by atoms with Gasteiger partial charge in [0.25, 0.3) is 5.91 Å². The molecule has 2 aromatic carbocycles. The first-order chi connectivity index (χ1) is 15.2. The predicted molar refractivity (Wildman–Crippen MR) is 125 cm³/mol. The molecule has 6 nitrogen and oxygen atoms in total. The van der Waals surface area contributed by atoms with Crippen LogP contribution in [0.5, 0.6) is 0 Å². The third-order valence-corrected chi connectivity index (χ3v) is 4.70. The van der Waals surface area contributed by atoms with Crippen LogP contribution in [0.25, 0.3) is 17.0 Å². The Bertz CT molecular complexity index is 971. The molecule has 1 heterocycles. The lowest BCUT2D eigenvalue weighted by atomic mass is 10.1. The first-order valence-corrected chi connectivity index (χ1v) is 10.6. The Kier molecular flexibility index (Phi) is 10.4. The summed E-state index contributed by atoms with van der Waals surface area (Å²) in [5.74, 6) is -0.564. The van der Waals surface area contributed by atoms with Gasteiger partial charge in [0.1, 0.15) is 0 Å². The fraction of sp³-hybridized carbons (Fsp3) is 0.280. The summed E-state index contributed by atoms with van der Waals surface area (Å²) >= 11 is 0. The molecule has 1 aromatic heterocycles. The molecule has 1 amide bonds. The lowest BCUT2D eigenvalue weighted by molar-refractivity contribution is -0.124. The number of carbonyl (C=O) groups is 1. The maximum Gasteiger partial charge on any atom is 0.267 e. The highest BCUT2D eigenvalue weighted by molar-refractivity contribution is 5.90. The van der Waals surface area contributed by atoms with Crippen LogP contribution in [-0.4, -0.2) is 45.8 Å². The fourth-order valence-electron chi connectivity index (χ4n) is 3.15. The lowest BCUT2D eigenvalue weighted by Gasteiger charge is -2.21. The van der Waals surface area contributed by atoms with Gasteiger partial charge in [-0.25, -0.2) is 5.48 Å². The van der Waals surface area contributed by atoms with Crippen molar-refractivity contribution in [2.45, 2.75) is 26.8 Å². The highest BCUT2D eigenvalue weighted by atomic mass is 16.5. The summed E-state index contributed by atoms with van der Waals surface area (Å²) in [7, 11) is 0. The summed E-state index contributed by atoms with van der Waals surface area (Å²) in [6.07, 6.45) is 5.68. The number of aliphatic hydroxyl groups is 1. The summed E-state index contributed by atoms with van der Waals surface area (Å²) in [6, 6.07) is 18.1. The van der Waals surface area contributed by atoms with Crippen molar-refractivity contribution in [3.05, 3.63) is 83.6 Å². The van der Waals surface area contributed by atoms with E-state index < -0.39 is 5.91 Å². The third kappa shape index (κ3) is 7.94. The Labute approximate surface area is 183 Å². The van der Waals surface area contributed by atoms with Crippen LogP contribution in [0.15, 0.2) is 66.9 Å². The van der Waals surface area contributed by atoms with Gasteiger partial charge in [0.15, 0.2) is 0 Å². The number of nitrogens with zero attached hydrogens (tertiary/aromatic N) is 2. The van der Waals surface area contributed by atoms with Gasteiger partial charge in [0.2, 0.25) is 0 Å². The van der Waals surface area contributed by atoms with Crippen LogP contribution >= 0.6 is 0 Å². The van der Waals surface area contributed by atoms with Crippen LogP contribution in [-0.2, 0) is 17.8 Å². The number of amides is 1. The minimum atomic E-state index is -0.564. The van der Waals surface area contributed by atoms with Crippen LogP contribution in [0.1, 0.15) is 30.5 Å². The first kappa shape index (κ1) is 24.2. The number of carbonyl (C=O) groups excluding carboxylic acids is 1. The normalized spacial score (nSPS) is 10.9. The number of rotatable bonds is 9. The number of hydrogen-bond acceptors (Lipinski definition) is 5. The van der Waals surface area contributed by atoms with Crippen LogP contribution in [0.3, 0.4) is 0 Å². The summed E-state index contributed by atoms with van der Waals surface area (Å²) in [6.45, 7) is 6.24. The zero-order valence-corrected chi connectivity index (χ0v) is 18.2. The molecule has 3 rings (SSSR count). The van der Waals surface area contributed by atoms with Gasteiger partial charge in [-0.2, -0.15) is 0 Å². The Hall–Kier alpha value is -3.06. The SMILES string of the molecule is CC.O=C(/C=C/c1ccc(CN(CCO)CCc2cnc3ccccc3c2)cc1)NO. The van der Waals surface area contributed by atoms with E-state index in [1.807, 2.05) is 62.5 Å². The lowest BCUT2D eigenvalue weighted by Crippen LogP contribution is -2.28. The van der Waals surface area contributed by atoms with Crippen molar-refractivity contribution < 1.29 is 15.1 Å². The molecule has 31 heavy (non-hydrogen) atoms. The number of nitrogens with one attached hydrogen (secondary N) is 1. The number of benzene rings is 2. The molecule has 0 unspecified atom stereocenters. The van der Waals surface area contributed by atoms with Crippen LogP contribution in [0.4, 0.5) is 0 Å². The van der Waals surface area contributed by atoms with Crippen molar-refractivity contribution in [1.82, 2.24) is 15.4 Å². The highest BCUT2D eigenvalue weighted by Gasteiger charge is 2.07. The number of aliphatic hydroxyl groups excluding tert-OH is 1. The molecule has 6 heteroatoms. The summed E-state index contributed by atoms with van der Waals surface area (Å²) in [5.41, 5.74) is 5.73. The molecule has 0 bridgehead atoms. The topological polar surface area (TPSA) is 85.7 Å². The van der Waals surface area contributed by atoms with E-state index in [2.05, 4.69) is 22.0 Å². The predicted octanol–water partition coefficient (Wildman–Crippen LogP) is 3.82. The van der Waals surface area contributed by atoms with Gasteiger partial charge < -0.3 is 5.11 Å². The third-order valence-electron chi connectivity index (χ3n) is 4.70. The number of pyridine rings is 1. The summed E-state index contributed by atoms with van der Waals surface area (Å²) in [5, 5.41) is 19.1. The van der Waals surface area contributed by atoms with Gasteiger partial charge in [0, 0.05) is 37.3 Å². The van der Waals surface area contributed by atoms with Gasteiger partial charge in [-0.3, -0.25) is 19.9 Å². The van der Waals surface area contributed by atoms with E-state index in [0.29, 0.717) is 6.54 Å². The minimum absolute atomic E-state index is 0.104. The number of hydroxylamine groups is 1. The zero-order chi connectivity index (χ0) is 22.5. The number of para-hydroxylation sites is 1. The fourth-order valence-corrected chi connectivity index (χ4v) is 3.15. The quantitative estimate of drug-likeness (QED) is 0.278. The van der Waals surface area contributed by atoms with Crippen molar-refractivity contribution in [3.8, 4) is 0 Å². The standard InChI is InChI=1S/C23H25N3O3.C2H6/c27-14-13-26(12-11-20-15-21-3-1-2-4-22(21)24-16-20)17-19-7-5-18(6-8-19)9-10-23(28)25-29;1-2/h1-10,15-16,27,29H,11-14,17H2,(H,25,28);1-2H3/b10-9+;. The average Bonchev–Trinajstić information content (AvgIpc) is 2.83. The van der Waals surface area contributed by atoms with E-state index >= 15 is 0 Å². The van der Waals surface area contributed by atoms with Gasteiger partial charge in [-0.05, 0) is 41.3 Å². The largest absolute Gasteiger partial charge is 0.395 e. The second-order valence-corrected chi connectivity index (χ2v) is 6.84. The molecule has 0 saturated heterocycles. The van der Waals surface area contributed by atoms with E-state index in [4.69, 9.17) is 5.21 Å². The maximum absolute atomic E-state index is 11.0. The maximum atomic E-state index is 11.0. The number of hydrogen-bond donors (Lipinski definition) is 3.